The van der Waals surface area contributed by atoms with Crippen LogP contribution in [0, 0.1) is 5.82 Å². The van der Waals surface area contributed by atoms with E-state index in [-0.39, 0.29) is 15.5 Å². The molecule has 0 bridgehead atoms. The van der Waals surface area contributed by atoms with E-state index < -0.39 is 38.3 Å². The van der Waals surface area contributed by atoms with Crippen molar-refractivity contribution in [3.8, 4) is 5.75 Å². The Kier molecular flexibility index (Phi) is 8.34. The summed E-state index contributed by atoms with van der Waals surface area (Å²) in [5.74, 6) is -0.765. The average Bonchev–Trinajstić information content (AvgIpc) is 2.93. The van der Waals surface area contributed by atoms with E-state index in [1.165, 1.54) is 72.1 Å². The summed E-state index contributed by atoms with van der Waals surface area (Å²) in [6.45, 7) is 0.346. The van der Waals surface area contributed by atoms with Gasteiger partial charge in [0.15, 0.2) is 0 Å². The first kappa shape index (κ1) is 27.6. The first-order valence-electron chi connectivity index (χ1n) is 11.9. The highest BCUT2D eigenvalue weighted by molar-refractivity contribution is 7.92. The number of carbonyl (C=O) groups excluding carboxylic acids is 1. The Hall–Kier alpha value is -3.48. The molecule has 1 amide bonds. The van der Waals surface area contributed by atoms with Gasteiger partial charge in [0.1, 0.15) is 18.1 Å². The maximum Gasteiger partial charge on any atom is 0.264 e. The van der Waals surface area contributed by atoms with E-state index in [1.807, 2.05) is 0 Å². The summed E-state index contributed by atoms with van der Waals surface area (Å²) in [6, 6.07) is 16.1. The first-order chi connectivity index (χ1) is 18.1. The van der Waals surface area contributed by atoms with Gasteiger partial charge in [0, 0.05) is 18.8 Å². The van der Waals surface area contributed by atoms with Crippen LogP contribution >= 0.6 is 0 Å². The number of hydrogen-bond donors (Lipinski definition) is 1. The number of halogens is 1. The van der Waals surface area contributed by atoms with Crippen LogP contribution in [0.15, 0.2) is 82.6 Å². The van der Waals surface area contributed by atoms with E-state index in [4.69, 9.17) is 4.74 Å². The lowest BCUT2D eigenvalue weighted by molar-refractivity contribution is -0.114. The molecule has 9 nitrogen and oxygen atoms in total. The molecule has 0 spiro atoms. The van der Waals surface area contributed by atoms with Crippen LogP contribution in [0.2, 0.25) is 0 Å². The van der Waals surface area contributed by atoms with Crippen LogP contribution in [0.5, 0.6) is 5.75 Å². The predicted molar refractivity (Wildman–Crippen MR) is 142 cm³/mol. The molecule has 1 fully saturated rings. The number of nitrogens with zero attached hydrogens (tertiary/aromatic N) is 2. The lowest BCUT2D eigenvalue weighted by Crippen LogP contribution is -2.38. The summed E-state index contributed by atoms with van der Waals surface area (Å²) in [6.07, 6.45) is 2.63. The van der Waals surface area contributed by atoms with Gasteiger partial charge in [-0.2, -0.15) is 4.31 Å². The second kappa shape index (κ2) is 11.5. The van der Waals surface area contributed by atoms with Gasteiger partial charge in [-0.25, -0.2) is 21.2 Å². The summed E-state index contributed by atoms with van der Waals surface area (Å²) >= 11 is 0. The molecule has 0 radical (unpaired) electrons. The summed E-state index contributed by atoms with van der Waals surface area (Å²) < 4.78 is 73.6. The minimum absolute atomic E-state index is 0.0808. The minimum atomic E-state index is -4.21. The molecule has 0 unspecified atom stereocenters. The highest BCUT2D eigenvalue weighted by atomic mass is 32.2. The molecule has 38 heavy (non-hydrogen) atoms. The monoisotopic (exact) mass is 561 g/mol. The molecular formula is C26H28FN3O6S2. The fraction of sp³-hybridized carbons (Fsp3) is 0.269. The quantitative estimate of drug-likeness (QED) is 0.425. The summed E-state index contributed by atoms with van der Waals surface area (Å²) in [5, 5.41) is 2.61. The highest BCUT2D eigenvalue weighted by Gasteiger charge is 2.28. The van der Waals surface area contributed by atoms with Crippen LogP contribution in [0.4, 0.5) is 15.8 Å². The second-order valence-corrected chi connectivity index (χ2v) is 12.5. The molecule has 1 heterocycles. The molecule has 1 N–H and O–H groups in total. The Bertz CT molecular complexity index is 1470. The largest absolute Gasteiger partial charge is 0.497 e. The molecule has 0 aromatic heterocycles. The van der Waals surface area contributed by atoms with E-state index in [0.29, 0.717) is 24.5 Å². The molecule has 1 saturated heterocycles. The molecule has 0 saturated carbocycles. The van der Waals surface area contributed by atoms with Gasteiger partial charge in [0.05, 0.1) is 22.6 Å². The van der Waals surface area contributed by atoms with E-state index >= 15 is 0 Å². The van der Waals surface area contributed by atoms with E-state index in [0.717, 1.165) is 35.7 Å². The van der Waals surface area contributed by atoms with Crippen molar-refractivity contribution in [2.24, 2.45) is 0 Å². The number of carbonyl (C=O) groups is 1. The van der Waals surface area contributed by atoms with Gasteiger partial charge in [0.2, 0.25) is 15.9 Å². The van der Waals surface area contributed by atoms with Crippen molar-refractivity contribution in [2.75, 3.05) is 36.4 Å². The molecule has 0 atom stereocenters. The predicted octanol–water partition coefficient (Wildman–Crippen LogP) is 3.84. The number of nitrogens with one attached hydrogen (secondary N) is 1. The van der Waals surface area contributed by atoms with Crippen molar-refractivity contribution < 1.29 is 30.8 Å². The Morgan fingerprint density at radius 1 is 0.868 bits per heavy atom. The number of piperidine rings is 1. The number of methoxy groups -OCH3 is 1. The topological polar surface area (TPSA) is 113 Å². The van der Waals surface area contributed by atoms with Gasteiger partial charge in [-0.1, -0.05) is 6.42 Å². The molecule has 12 heteroatoms. The van der Waals surface area contributed by atoms with Crippen LogP contribution in [0.1, 0.15) is 19.3 Å². The second-order valence-electron chi connectivity index (χ2n) is 8.70. The standard InChI is InChI=1S/C26H28FN3O6S2/c1-36-23-11-15-25(16-12-23)38(34,35)30(22-9-5-20(27)6-10-22)19-26(31)28-21-7-13-24(14-8-21)37(32,33)29-17-3-2-4-18-29/h5-16H,2-4,17-19H2,1H3,(H,28,31). The fourth-order valence-electron chi connectivity index (χ4n) is 4.09. The van der Waals surface area contributed by atoms with Crippen molar-refractivity contribution in [1.82, 2.24) is 4.31 Å². The summed E-state index contributed by atoms with van der Waals surface area (Å²) in [5.41, 5.74) is 0.397. The fourth-order valence-corrected chi connectivity index (χ4v) is 7.03. The lowest BCUT2D eigenvalue weighted by Gasteiger charge is -2.26. The normalized spacial score (nSPS) is 14.6. The number of amides is 1. The molecule has 0 aliphatic carbocycles. The SMILES string of the molecule is COc1ccc(S(=O)(=O)N(CC(=O)Nc2ccc(S(=O)(=O)N3CCCCC3)cc2)c2ccc(F)cc2)cc1. The zero-order chi connectivity index (χ0) is 27.3. The van der Waals surface area contributed by atoms with E-state index in [9.17, 15) is 26.0 Å². The van der Waals surface area contributed by atoms with Gasteiger partial charge in [-0.15, -0.1) is 0 Å². The number of anilines is 2. The Morgan fingerprint density at radius 3 is 2.03 bits per heavy atom. The van der Waals surface area contributed by atoms with Gasteiger partial charge < -0.3 is 10.1 Å². The van der Waals surface area contributed by atoms with Crippen molar-refractivity contribution in [3.63, 3.8) is 0 Å². The van der Waals surface area contributed by atoms with Crippen molar-refractivity contribution in [3.05, 3.63) is 78.6 Å². The maximum atomic E-state index is 13.5. The minimum Gasteiger partial charge on any atom is -0.497 e. The molecule has 1 aliphatic heterocycles. The first-order valence-corrected chi connectivity index (χ1v) is 14.8. The van der Waals surface area contributed by atoms with Crippen molar-refractivity contribution >= 4 is 37.3 Å². The Morgan fingerprint density at radius 2 is 1.45 bits per heavy atom. The van der Waals surface area contributed by atoms with Crippen LogP contribution in [-0.4, -0.2) is 53.8 Å². The van der Waals surface area contributed by atoms with E-state index in [2.05, 4.69) is 5.32 Å². The third-order valence-electron chi connectivity index (χ3n) is 6.14. The van der Waals surface area contributed by atoms with Crippen LogP contribution in [0.25, 0.3) is 0 Å². The van der Waals surface area contributed by atoms with Gasteiger partial charge >= 0.3 is 0 Å². The summed E-state index contributed by atoms with van der Waals surface area (Å²) in [7, 11) is -6.38. The molecule has 1 aliphatic rings. The van der Waals surface area contributed by atoms with Crippen molar-refractivity contribution in [1.29, 1.82) is 0 Å². The molecule has 3 aromatic carbocycles. The lowest BCUT2D eigenvalue weighted by atomic mass is 10.2. The van der Waals surface area contributed by atoms with Crippen LogP contribution in [-0.2, 0) is 24.8 Å². The van der Waals surface area contributed by atoms with Gasteiger partial charge in [-0.05, 0) is 85.6 Å². The Labute approximate surface area is 221 Å². The number of hydrogen-bond acceptors (Lipinski definition) is 6. The van der Waals surface area contributed by atoms with Gasteiger partial charge in [0.25, 0.3) is 10.0 Å². The smallest absolute Gasteiger partial charge is 0.264 e. The zero-order valence-corrected chi connectivity index (χ0v) is 22.3. The number of sulfonamides is 2. The molecule has 3 aromatic rings. The summed E-state index contributed by atoms with van der Waals surface area (Å²) in [4.78, 5) is 13.0. The molecular weight excluding hydrogens is 533 g/mol. The Balaban J connectivity index is 1.54. The third-order valence-corrected chi connectivity index (χ3v) is 9.84. The maximum absolute atomic E-state index is 13.5. The number of rotatable bonds is 9. The average molecular weight is 562 g/mol. The molecule has 202 valence electrons. The van der Waals surface area contributed by atoms with Crippen LogP contribution < -0.4 is 14.4 Å². The highest BCUT2D eigenvalue weighted by Crippen LogP contribution is 2.26. The van der Waals surface area contributed by atoms with Gasteiger partial charge in [-0.3, -0.25) is 9.10 Å². The molecule has 4 rings (SSSR count). The van der Waals surface area contributed by atoms with Crippen LogP contribution in [0.3, 0.4) is 0 Å². The van der Waals surface area contributed by atoms with Crippen molar-refractivity contribution in [2.45, 2.75) is 29.1 Å². The zero-order valence-electron chi connectivity index (χ0n) is 20.7. The third kappa shape index (κ3) is 6.14. The van der Waals surface area contributed by atoms with E-state index in [1.54, 1.807) is 0 Å². The number of ether oxygens (including phenoxy) is 1. The number of benzene rings is 3.